The van der Waals surface area contributed by atoms with Crippen molar-refractivity contribution in [3.05, 3.63) is 59.8 Å². The number of nitrogens with zero attached hydrogens (tertiary/aromatic N) is 2. The summed E-state index contributed by atoms with van der Waals surface area (Å²) < 4.78 is 11.5. The minimum absolute atomic E-state index is 0.302. The number of hydrogen-bond donors (Lipinski definition) is 2. The first-order valence-electron chi connectivity index (χ1n) is 7.93. The second-order valence-electron chi connectivity index (χ2n) is 5.72. The van der Waals surface area contributed by atoms with Gasteiger partial charge in [0.15, 0.2) is 5.96 Å². The van der Waals surface area contributed by atoms with Gasteiger partial charge in [0.25, 0.3) is 0 Å². The zero-order chi connectivity index (χ0) is 16.8. The molecule has 0 bridgehead atoms. The van der Waals surface area contributed by atoms with Gasteiger partial charge in [0.05, 0.1) is 19.8 Å². The zero-order valence-corrected chi connectivity index (χ0v) is 13.7. The van der Waals surface area contributed by atoms with E-state index in [-0.39, 0.29) is 0 Å². The smallest absolute Gasteiger partial charge is 0.194 e. The van der Waals surface area contributed by atoms with E-state index in [1.165, 1.54) is 5.56 Å². The Bertz CT molecular complexity index is 705. The molecule has 1 unspecified atom stereocenters. The third-order valence-electron chi connectivity index (χ3n) is 4.06. The van der Waals surface area contributed by atoms with Gasteiger partial charge in [0.1, 0.15) is 11.4 Å². The van der Waals surface area contributed by atoms with E-state index in [9.17, 15) is 0 Å². The molecular formula is C18H22N4O2. The van der Waals surface area contributed by atoms with Gasteiger partial charge in [0, 0.05) is 13.3 Å². The van der Waals surface area contributed by atoms with E-state index in [4.69, 9.17) is 15.2 Å². The van der Waals surface area contributed by atoms with Crippen LogP contribution in [0.15, 0.2) is 53.7 Å². The lowest BCUT2D eigenvalue weighted by Crippen LogP contribution is -2.43. The Hall–Kier alpha value is -2.44. The predicted molar refractivity (Wildman–Crippen MR) is 94.0 cm³/mol. The van der Waals surface area contributed by atoms with E-state index < -0.39 is 5.60 Å². The summed E-state index contributed by atoms with van der Waals surface area (Å²) in [5.74, 6) is 0.959. The number of benzene rings is 1. The fourth-order valence-corrected chi connectivity index (χ4v) is 2.97. The molecule has 1 aromatic heterocycles. The Morgan fingerprint density at radius 1 is 1.33 bits per heavy atom. The molecule has 2 heterocycles. The third kappa shape index (κ3) is 3.55. The van der Waals surface area contributed by atoms with Crippen molar-refractivity contribution in [2.75, 3.05) is 32.2 Å². The minimum atomic E-state index is -0.611. The summed E-state index contributed by atoms with van der Waals surface area (Å²) in [7, 11) is 1.67. The number of anilines is 1. The van der Waals surface area contributed by atoms with Gasteiger partial charge in [-0.2, -0.15) is 0 Å². The van der Waals surface area contributed by atoms with Crippen LogP contribution < -0.4 is 11.1 Å². The molecule has 3 rings (SSSR count). The van der Waals surface area contributed by atoms with E-state index in [1.54, 1.807) is 13.3 Å². The second kappa shape index (κ2) is 7.42. The fraction of sp³-hybridized carbons (Fsp3) is 0.333. The summed E-state index contributed by atoms with van der Waals surface area (Å²) in [6.45, 7) is 1.44. The van der Waals surface area contributed by atoms with Crippen molar-refractivity contribution >= 4 is 11.8 Å². The number of aliphatic imine (C=N–C) groups is 1. The lowest BCUT2D eigenvalue weighted by Gasteiger charge is -2.37. The van der Waals surface area contributed by atoms with Gasteiger partial charge in [-0.1, -0.05) is 30.3 Å². The predicted octanol–water partition coefficient (Wildman–Crippen LogP) is 1.92. The Balaban J connectivity index is 1.81. The van der Waals surface area contributed by atoms with Crippen LogP contribution in [-0.4, -0.2) is 37.8 Å². The van der Waals surface area contributed by atoms with E-state index >= 15 is 0 Å². The molecule has 6 nitrogen and oxygen atoms in total. The van der Waals surface area contributed by atoms with Crippen molar-refractivity contribution < 1.29 is 9.47 Å². The van der Waals surface area contributed by atoms with Crippen molar-refractivity contribution in [1.29, 1.82) is 0 Å². The first kappa shape index (κ1) is 16.4. The summed E-state index contributed by atoms with van der Waals surface area (Å²) in [4.78, 5) is 8.65. The van der Waals surface area contributed by atoms with Crippen LogP contribution in [0.3, 0.4) is 0 Å². The average Bonchev–Trinajstić information content (AvgIpc) is 2.62. The molecule has 0 saturated heterocycles. The summed E-state index contributed by atoms with van der Waals surface area (Å²) in [6, 6.07) is 13.8. The molecule has 24 heavy (non-hydrogen) atoms. The van der Waals surface area contributed by atoms with Crippen molar-refractivity contribution in [3.8, 4) is 0 Å². The number of nitrogens with one attached hydrogen (secondary N) is 1. The summed E-state index contributed by atoms with van der Waals surface area (Å²) in [6.07, 6.45) is 2.59. The Morgan fingerprint density at radius 3 is 2.96 bits per heavy atom. The molecule has 0 aliphatic carbocycles. The third-order valence-corrected chi connectivity index (χ3v) is 4.06. The SMILES string of the molecule is COCC1(CN=C(N)Nc2ccccn2)OCCc2ccccc21. The molecule has 126 valence electrons. The minimum Gasteiger partial charge on any atom is -0.381 e. The quantitative estimate of drug-likeness (QED) is 0.648. The molecule has 0 saturated carbocycles. The molecule has 1 atom stereocenters. The standard InChI is InChI=1S/C18H22N4O2/c1-23-13-18(15-7-3-2-6-14(15)9-11-24-18)12-21-17(19)22-16-8-4-5-10-20-16/h2-8,10H,9,11-13H2,1H3,(H3,19,20,21,22). The molecule has 1 aliphatic rings. The van der Waals surface area contributed by atoms with Gasteiger partial charge in [-0.3, -0.25) is 0 Å². The highest BCUT2D eigenvalue weighted by atomic mass is 16.5. The maximum atomic E-state index is 6.10. The Labute approximate surface area is 141 Å². The monoisotopic (exact) mass is 326 g/mol. The normalized spacial score (nSPS) is 20.5. The molecule has 1 aliphatic heterocycles. The number of aromatic nitrogens is 1. The number of ether oxygens (including phenoxy) is 2. The first-order chi connectivity index (χ1) is 11.7. The van der Waals surface area contributed by atoms with Gasteiger partial charge < -0.3 is 20.5 Å². The van der Waals surface area contributed by atoms with E-state index in [2.05, 4.69) is 27.4 Å². The largest absolute Gasteiger partial charge is 0.381 e. The number of rotatable bonds is 5. The molecule has 0 fully saturated rings. The van der Waals surface area contributed by atoms with Crippen molar-refractivity contribution in [2.45, 2.75) is 12.0 Å². The van der Waals surface area contributed by atoms with Gasteiger partial charge in [-0.05, 0) is 29.7 Å². The average molecular weight is 326 g/mol. The van der Waals surface area contributed by atoms with Crippen LogP contribution in [0.1, 0.15) is 11.1 Å². The topological polar surface area (TPSA) is 81.8 Å². The zero-order valence-electron chi connectivity index (χ0n) is 13.7. The molecule has 2 aromatic rings. The molecule has 3 N–H and O–H groups in total. The Kier molecular flexibility index (Phi) is 5.08. The van der Waals surface area contributed by atoms with Gasteiger partial charge in [-0.15, -0.1) is 0 Å². The number of nitrogens with two attached hydrogens (primary N) is 1. The number of fused-ring (bicyclic) bond motifs is 1. The molecule has 1 aromatic carbocycles. The molecule has 0 spiro atoms. The lowest BCUT2D eigenvalue weighted by molar-refractivity contribution is -0.0959. The lowest BCUT2D eigenvalue weighted by atomic mass is 9.86. The number of pyridine rings is 1. The highest BCUT2D eigenvalue weighted by molar-refractivity contribution is 5.91. The van der Waals surface area contributed by atoms with Crippen LogP contribution in [0.4, 0.5) is 5.82 Å². The molecule has 0 amide bonds. The van der Waals surface area contributed by atoms with E-state index in [0.717, 1.165) is 12.0 Å². The Morgan fingerprint density at radius 2 is 2.17 bits per heavy atom. The molecule has 6 heteroatoms. The summed E-state index contributed by atoms with van der Waals surface area (Å²) >= 11 is 0. The van der Waals surface area contributed by atoms with Crippen LogP contribution in [0.5, 0.6) is 0 Å². The number of hydrogen-bond acceptors (Lipinski definition) is 4. The van der Waals surface area contributed by atoms with Crippen LogP contribution in [0.2, 0.25) is 0 Å². The van der Waals surface area contributed by atoms with Crippen molar-refractivity contribution in [2.24, 2.45) is 10.7 Å². The highest BCUT2D eigenvalue weighted by Crippen LogP contribution is 2.34. The van der Waals surface area contributed by atoms with E-state index in [1.807, 2.05) is 30.3 Å². The number of guanidine groups is 1. The second-order valence-corrected chi connectivity index (χ2v) is 5.72. The van der Waals surface area contributed by atoms with Crippen LogP contribution in [0.25, 0.3) is 0 Å². The van der Waals surface area contributed by atoms with Crippen molar-refractivity contribution in [3.63, 3.8) is 0 Å². The molecular weight excluding hydrogens is 304 g/mol. The fourth-order valence-electron chi connectivity index (χ4n) is 2.97. The van der Waals surface area contributed by atoms with E-state index in [0.29, 0.717) is 31.5 Å². The van der Waals surface area contributed by atoms with Gasteiger partial charge >= 0.3 is 0 Å². The molecule has 0 radical (unpaired) electrons. The highest BCUT2D eigenvalue weighted by Gasteiger charge is 2.38. The maximum Gasteiger partial charge on any atom is 0.194 e. The number of methoxy groups -OCH3 is 1. The van der Waals surface area contributed by atoms with Crippen molar-refractivity contribution in [1.82, 2.24) is 4.98 Å². The van der Waals surface area contributed by atoms with Crippen LogP contribution >= 0.6 is 0 Å². The van der Waals surface area contributed by atoms with Gasteiger partial charge in [-0.25, -0.2) is 9.98 Å². The summed E-state index contributed by atoms with van der Waals surface area (Å²) in [5, 5.41) is 2.99. The van der Waals surface area contributed by atoms with Gasteiger partial charge in [0.2, 0.25) is 0 Å². The van der Waals surface area contributed by atoms with Crippen LogP contribution in [0, 0.1) is 0 Å². The first-order valence-corrected chi connectivity index (χ1v) is 7.93. The maximum absolute atomic E-state index is 6.10. The van der Waals surface area contributed by atoms with Crippen LogP contribution in [-0.2, 0) is 21.5 Å². The summed E-state index contributed by atoms with van der Waals surface area (Å²) in [5.41, 5.74) is 7.78.